The number of benzene rings is 2. The van der Waals surface area contributed by atoms with Gasteiger partial charge in [0.05, 0.1) is 119 Å². The summed E-state index contributed by atoms with van der Waals surface area (Å²) in [7, 11) is -2.53. The molecule has 0 radical (unpaired) electrons. The summed E-state index contributed by atoms with van der Waals surface area (Å²) in [6, 6.07) is 21.3. The minimum atomic E-state index is -2.53. The standard InChI is InChI=1S/C37H58O10Si/c1-5-16-38-17-18-39-19-20-40-21-22-41-23-24-42-25-26-43-27-28-44-29-30-45-31-32-46-33-34-47-48(37(2,3)4,35-12-8-6-9-13-35)36-14-10-7-11-15-36/h1,6-15H,16-34H2,2-4H3. The van der Waals surface area contributed by atoms with Crippen LogP contribution < -0.4 is 10.4 Å². The lowest BCUT2D eigenvalue weighted by atomic mass is 10.2. The summed E-state index contributed by atoms with van der Waals surface area (Å²) in [4.78, 5) is 0. The van der Waals surface area contributed by atoms with Crippen molar-refractivity contribution >= 4 is 18.7 Å². The van der Waals surface area contributed by atoms with Crippen LogP contribution in [-0.4, -0.2) is 134 Å². The van der Waals surface area contributed by atoms with Gasteiger partial charge >= 0.3 is 0 Å². The molecule has 0 saturated carbocycles. The number of ether oxygens (including phenoxy) is 9. The van der Waals surface area contributed by atoms with E-state index in [9.17, 15) is 0 Å². The monoisotopic (exact) mass is 690 g/mol. The van der Waals surface area contributed by atoms with Crippen LogP contribution in [0.3, 0.4) is 0 Å². The molecular formula is C37H58O10Si. The highest BCUT2D eigenvalue weighted by molar-refractivity contribution is 6.99. The van der Waals surface area contributed by atoms with Crippen molar-refractivity contribution in [2.45, 2.75) is 25.8 Å². The Kier molecular flexibility index (Phi) is 24.2. The maximum Gasteiger partial charge on any atom is 0.261 e. The van der Waals surface area contributed by atoms with Crippen molar-refractivity contribution in [3.8, 4) is 12.3 Å². The predicted molar refractivity (Wildman–Crippen MR) is 190 cm³/mol. The summed E-state index contributed by atoms with van der Waals surface area (Å²) in [6.45, 7) is 16.3. The van der Waals surface area contributed by atoms with Crippen LogP contribution in [0.5, 0.6) is 0 Å². The van der Waals surface area contributed by atoms with E-state index in [2.05, 4.69) is 87.4 Å². The third-order valence-electron chi connectivity index (χ3n) is 7.12. The van der Waals surface area contributed by atoms with E-state index in [0.717, 1.165) is 0 Å². The van der Waals surface area contributed by atoms with Crippen LogP contribution in [0.4, 0.5) is 0 Å². The maximum absolute atomic E-state index is 6.84. The second kappa shape index (κ2) is 27.6. The van der Waals surface area contributed by atoms with Gasteiger partial charge in [0.2, 0.25) is 0 Å². The molecular weight excluding hydrogens is 632 g/mol. The van der Waals surface area contributed by atoms with E-state index in [1.165, 1.54) is 10.4 Å². The number of hydrogen-bond donors (Lipinski definition) is 0. The summed E-state index contributed by atoms with van der Waals surface area (Å²) in [5.41, 5.74) is 0. The minimum absolute atomic E-state index is 0.0543. The topological polar surface area (TPSA) is 92.3 Å². The van der Waals surface area contributed by atoms with Gasteiger partial charge in [0.15, 0.2) is 0 Å². The highest BCUT2D eigenvalue weighted by atomic mass is 28.4. The lowest BCUT2D eigenvalue weighted by Gasteiger charge is -2.43. The third-order valence-corrected chi connectivity index (χ3v) is 12.2. The van der Waals surface area contributed by atoms with Gasteiger partial charge in [0.25, 0.3) is 8.32 Å². The van der Waals surface area contributed by atoms with Crippen molar-refractivity contribution in [3.63, 3.8) is 0 Å². The van der Waals surface area contributed by atoms with Crippen LogP contribution in [-0.2, 0) is 47.1 Å². The van der Waals surface area contributed by atoms with Gasteiger partial charge in [-0.1, -0.05) is 87.4 Å². The molecule has 10 nitrogen and oxygen atoms in total. The van der Waals surface area contributed by atoms with E-state index in [1.54, 1.807) is 0 Å². The van der Waals surface area contributed by atoms with E-state index in [4.69, 9.17) is 53.5 Å². The van der Waals surface area contributed by atoms with Gasteiger partial charge in [-0.15, -0.1) is 6.42 Å². The first-order valence-electron chi connectivity index (χ1n) is 16.9. The zero-order chi connectivity index (χ0) is 34.4. The molecule has 2 aromatic rings. The number of hydrogen-bond acceptors (Lipinski definition) is 10. The first-order chi connectivity index (χ1) is 23.5. The molecule has 48 heavy (non-hydrogen) atoms. The quantitative estimate of drug-likeness (QED) is 0.0667. The summed E-state index contributed by atoms with van der Waals surface area (Å²) in [5, 5.41) is 2.48. The zero-order valence-electron chi connectivity index (χ0n) is 29.4. The molecule has 0 aliphatic carbocycles. The van der Waals surface area contributed by atoms with Gasteiger partial charge in [-0.3, -0.25) is 0 Å². The smallest absolute Gasteiger partial charge is 0.261 e. The Hall–Kier alpha value is -2.18. The summed E-state index contributed by atoms with van der Waals surface area (Å²) < 4.78 is 56.3. The molecule has 0 saturated heterocycles. The summed E-state index contributed by atoms with van der Waals surface area (Å²) in [5.74, 6) is 2.40. The molecule has 2 rings (SSSR count). The molecule has 0 spiro atoms. The molecule has 0 bridgehead atoms. The molecule has 0 aliphatic heterocycles. The fourth-order valence-electron chi connectivity index (χ4n) is 4.91. The maximum atomic E-state index is 6.84. The highest BCUT2D eigenvalue weighted by Gasteiger charge is 2.50. The molecule has 270 valence electrons. The fourth-order valence-corrected chi connectivity index (χ4v) is 9.45. The normalized spacial score (nSPS) is 12.0. The van der Waals surface area contributed by atoms with E-state index in [-0.39, 0.29) is 5.04 Å². The van der Waals surface area contributed by atoms with E-state index in [0.29, 0.717) is 126 Å². The molecule has 0 amide bonds. The van der Waals surface area contributed by atoms with Crippen LogP contribution in [0.15, 0.2) is 60.7 Å². The molecule has 0 aromatic heterocycles. The fraction of sp³-hybridized carbons (Fsp3) is 0.622. The van der Waals surface area contributed by atoms with Crippen molar-refractivity contribution in [3.05, 3.63) is 60.7 Å². The summed E-state index contributed by atoms with van der Waals surface area (Å²) >= 11 is 0. The van der Waals surface area contributed by atoms with Crippen LogP contribution in [0.2, 0.25) is 5.04 Å². The van der Waals surface area contributed by atoms with Gasteiger partial charge < -0.3 is 47.1 Å². The van der Waals surface area contributed by atoms with E-state index in [1.807, 2.05) is 0 Å². The molecule has 0 unspecified atom stereocenters. The Bertz CT molecular complexity index is 1010. The van der Waals surface area contributed by atoms with Gasteiger partial charge in [0, 0.05) is 0 Å². The summed E-state index contributed by atoms with van der Waals surface area (Å²) in [6.07, 6.45) is 5.09. The molecule has 11 heteroatoms. The first kappa shape index (κ1) is 42.0. The largest absolute Gasteiger partial charge is 0.405 e. The van der Waals surface area contributed by atoms with Crippen LogP contribution >= 0.6 is 0 Å². The third kappa shape index (κ3) is 18.0. The lowest BCUT2D eigenvalue weighted by Crippen LogP contribution is -2.66. The Morgan fingerprint density at radius 3 is 0.979 bits per heavy atom. The average molecular weight is 691 g/mol. The molecule has 0 N–H and O–H groups in total. The Morgan fingerprint density at radius 2 is 0.708 bits per heavy atom. The van der Waals surface area contributed by atoms with Crippen molar-refractivity contribution < 1.29 is 47.1 Å². The first-order valence-corrected chi connectivity index (χ1v) is 18.8. The highest BCUT2D eigenvalue weighted by Crippen LogP contribution is 2.36. The van der Waals surface area contributed by atoms with Crippen molar-refractivity contribution in [1.29, 1.82) is 0 Å². The van der Waals surface area contributed by atoms with Crippen molar-refractivity contribution in [2.75, 3.05) is 126 Å². The van der Waals surface area contributed by atoms with Crippen molar-refractivity contribution in [2.24, 2.45) is 0 Å². The van der Waals surface area contributed by atoms with Gasteiger partial charge in [-0.2, -0.15) is 0 Å². The van der Waals surface area contributed by atoms with Crippen LogP contribution in [0, 0.1) is 12.3 Å². The number of rotatable bonds is 31. The zero-order valence-corrected chi connectivity index (χ0v) is 30.4. The van der Waals surface area contributed by atoms with E-state index >= 15 is 0 Å². The molecule has 0 fully saturated rings. The van der Waals surface area contributed by atoms with Gasteiger partial charge in [0.1, 0.15) is 6.61 Å². The second-order valence-corrected chi connectivity index (χ2v) is 16.0. The average Bonchev–Trinajstić information content (AvgIpc) is 3.09. The molecule has 0 aliphatic rings. The molecule has 0 atom stereocenters. The second-order valence-electron chi connectivity index (χ2n) is 11.7. The minimum Gasteiger partial charge on any atom is -0.405 e. The SMILES string of the molecule is C#CCOCCOCCOCCOCCOCCOCCOCCOCCOCCO[Si](c1ccccc1)(c1ccccc1)C(C)(C)C. The molecule has 2 aromatic carbocycles. The predicted octanol–water partition coefficient (Wildman–Crippen LogP) is 3.35. The Balaban J connectivity index is 1.37. The van der Waals surface area contributed by atoms with Crippen LogP contribution in [0.1, 0.15) is 20.8 Å². The van der Waals surface area contributed by atoms with Crippen molar-refractivity contribution in [1.82, 2.24) is 0 Å². The molecule has 0 heterocycles. The van der Waals surface area contributed by atoms with Gasteiger partial charge in [-0.25, -0.2) is 0 Å². The van der Waals surface area contributed by atoms with E-state index < -0.39 is 8.32 Å². The number of terminal acetylenes is 1. The lowest BCUT2D eigenvalue weighted by molar-refractivity contribution is -0.0250. The van der Waals surface area contributed by atoms with Gasteiger partial charge in [-0.05, 0) is 15.4 Å². The Morgan fingerprint density at radius 1 is 0.438 bits per heavy atom. The van der Waals surface area contributed by atoms with Crippen LogP contribution in [0.25, 0.3) is 0 Å². The Labute approximate surface area is 289 Å².